The predicted octanol–water partition coefficient (Wildman–Crippen LogP) is -0.0383. The van der Waals surface area contributed by atoms with E-state index < -0.39 is 0 Å². The molecule has 0 radical (unpaired) electrons. The third kappa shape index (κ3) is 2.42. The van der Waals surface area contributed by atoms with Gasteiger partial charge in [-0.25, -0.2) is 0 Å². The van der Waals surface area contributed by atoms with Gasteiger partial charge in [-0.05, 0) is 25.8 Å². The van der Waals surface area contributed by atoms with E-state index in [0.717, 1.165) is 19.6 Å². The van der Waals surface area contributed by atoms with E-state index in [2.05, 4.69) is 10.2 Å². The van der Waals surface area contributed by atoms with E-state index in [0.29, 0.717) is 31.5 Å². The standard InChI is InChI=1S/C13H21N3O2/c17-12-3-4-13(18)16(12)8-7-15-6-5-10-1-2-11(9-15)14-10/h10-11,14H,1-9H2. The number of rotatable bonds is 3. The second-order valence-electron chi connectivity index (χ2n) is 5.67. The third-order valence-electron chi connectivity index (χ3n) is 4.40. The summed E-state index contributed by atoms with van der Waals surface area (Å²) in [6, 6.07) is 1.30. The Labute approximate surface area is 107 Å². The van der Waals surface area contributed by atoms with Crippen molar-refractivity contribution in [2.45, 2.75) is 44.2 Å². The van der Waals surface area contributed by atoms with Gasteiger partial charge in [-0.1, -0.05) is 0 Å². The number of carbonyl (C=O) groups is 2. The van der Waals surface area contributed by atoms with Gasteiger partial charge in [0, 0.05) is 44.6 Å². The van der Waals surface area contributed by atoms with Crippen LogP contribution in [0.4, 0.5) is 0 Å². The summed E-state index contributed by atoms with van der Waals surface area (Å²) in [4.78, 5) is 26.9. The molecule has 0 aromatic heterocycles. The van der Waals surface area contributed by atoms with Crippen molar-refractivity contribution in [2.24, 2.45) is 0 Å². The van der Waals surface area contributed by atoms with Crippen molar-refractivity contribution in [3.63, 3.8) is 0 Å². The molecule has 0 aromatic rings. The van der Waals surface area contributed by atoms with Crippen molar-refractivity contribution in [2.75, 3.05) is 26.2 Å². The zero-order chi connectivity index (χ0) is 12.5. The maximum Gasteiger partial charge on any atom is 0.229 e. The molecule has 3 heterocycles. The molecule has 2 amide bonds. The van der Waals surface area contributed by atoms with Crippen LogP contribution in [0.2, 0.25) is 0 Å². The monoisotopic (exact) mass is 251 g/mol. The first-order chi connectivity index (χ1) is 8.72. The molecular formula is C13H21N3O2. The number of carbonyl (C=O) groups excluding carboxylic acids is 2. The second kappa shape index (κ2) is 4.97. The van der Waals surface area contributed by atoms with Gasteiger partial charge in [-0.3, -0.25) is 19.4 Å². The zero-order valence-corrected chi connectivity index (χ0v) is 10.7. The highest BCUT2D eigenvalue weighted by atomic mass is 16.2. The third-order valence-corrected chi connectivity index (χ3v) is 4.40. The van der Waals surface area contributed by atoms with Gasteiger partial charge in [0.25, 0.3) is 0 Å². The summed E-state index contributed by atoms with van der Waals surface area (Å²) in [6.07, 6.45) is 4.58. The van der Waals surface area contributed by atoms with Crippen LogP contribution in [0.5, 0.6) is 0 Å². The highest BCUT2D eigenvalue weighted by Crippen LogP contribution is 2.20. The van der Waals surface area contributed by atoms with Gasteiger partial charge in [0.05, 0.1) is 0 Å². The molecule has 18 heavy (non-hydrogen) atoms. The molecule has 3 saturated heterocycles. The molecule has 2 atom stereocenters. The van der Waals surface area contributed by atoms with Crippen molar-refractivity contribution in [1.82, 2.24) is 15.1 Å². The average Bonchev–Trinajstić information content (AvgIpc) is 2.83. The van der Waals surface area contributed by atoms with Gasteiger partial charge in [-0.2, -0.15) is 0 Å². The van der Waals surface area contributed by atoms with Crippen LogP contribution in [0, 0.1) is 0 Å². The first kappa shape index (κ1) is 12.1. The van der Waals surface area contributed by atoms with Crippen molar-refractivity contribution in [1.29, 1.82) is 0 Å². The number of hydrogen-bond acceptors (Lipinski definition) is 4. The molecule has 2 bridgehead atoms. The molecule has 3 fully saturated rings. The number of amides is 2. The Hall–Kier alpha value is -0.940. The van der Waals surface area contributed by atoms with E-state index in [1.807, 2.05) is 0 Å². The molecule has 3 aliphatic heterocycles. The molecule has 0 spiro atoms. The van der Waals surface area contributed by atoms with Crippen molar-refractivity contribution < 1.29 is 9.59 Å². The fourth-order valence-corrected chi connectivity index (χ4v) is 3.33. The van der Waals surface area contributed by atoms with Crippen LogP contribution in [0.25, 0.3) is 0 Å². The quantitative estimate of drug-likeness (QED) is 0.715. The van der Waals surface area contributed by atoms with Gasteiger partial charge in [0.1, 0.15) is 0 Å². The number of hydrogen-bond donors (Lipinski definition) is 1. The topological polar surface area (TPSA) is 52.7 Å². The van der Waals surface area contributed by atoms with E-state index in [4.69, 9.17) is 0 Å². The SMILES string of the molecule is O=C1CCC(=O)N1CCN1CCC2CCC(C1)N2. The molecule has 0 aromatic carbocycles. The number of imide groups is 1. The fourth-order valence-electron chi connectivity index (χ4n) is 3.33. The minimum Gasteiger partial charge on any atom is -0.310 e. The molecule has 5 nitrogen and oxygen atoms in total. The lowest BCUT2D eigenvalue weighted by atomic mass is 10.1. The lowest BCUT2D eigenvalue weighted by molar-refractivity contribution is -0.138. The smallest absolute Gasteiger partial charge is 0.229 e. The summed E-state index contributed by atoms with van der Waals surface area (Å²) in [5.41, 5.74) is 0. The lowest BCUT2D eigenvalue weighted by Gasteiger charge is -2.25. The maximum absolute atomic E-state index is 11.5. The van der Waals surface area contributed by atoms with Crippen molar-refractivity contribution in [3.05, 3.63) is 0 Å². The van der Waals surface area contributed by atoms with Crippen LogP contribution in [-0.4, -0.2) is 59.9 Å². The lowest BCUT2D eigenvalue weighted by Crippen LogP contribution is -2.41. The van der Waals surface area contributed by atoms with Crippen LogP contribution in [0.15, 0.2) is 0 Å². The predicted molar refractivity (Wildman–Crippen MR) is 67.0 cm³/mol. The Bertz CT molecular complexity index is 342. The molecular weight excluding hydrogens is 230 g/mol. The number of nitrogens with zero attached hydrogens (tertiary/aromatic N) is 2. The first-order valence-electron chi connectivity index (χ1n) is 7.04. The summed E-state index contributed by atoms with van der Waals surface area (Å²) >= 11 is 0. The van der Waals surface area contributed by atoms with Crippen LogP contribution in [0.3, 0.4) is 0 Å². The molecule has 2 unspecified atom stereocenters. The highest BCUT2D eigenvalue weighted by Gasteiger charge is 2.31. The summed E-state index contributed by atoms with van der Waals surface area (Å²) < 4.78 is 0. The molecule has 0 saturated carbocycles. The van der Waals surface area contributed by atoms with E-state index in [1.165, 1.54) is 24.2 Å². The van der Waals surface area contributed by atoms with Gasteiger partial charge < -0.3 is 5.32 Å². The highest BCUT2D eigenvalue weighted by molar-refractivity contribution is 6.01. The maximum atomic E-state index is 11.5. The normalized spacial score (nSPS) is 33.2. The van der Waals surface area contributed by atoms with E-state index in [1.54, 1.807) is 0 Å². The van der Waals surface area contributed by atoms with Gasteiger partial charge >= 0.3 is 0 Å². The van der Waals surface area contributed by atoms with Crippen LogP contribution in [0.1, 0.15) is 32.1 Å². The summed E-state index contributed by atoms with van der Waals surface area (Å²) in [5.74, 6) is 0.0175. The Balaban J connectivity index is 1.51. The van der Waals surface area contributed by atoms with Gasteiger partial charge in [0.15, 0.2) is 0 Å². The molecule has 3 aliphatic rings. The number of nitrogens with one attached hydrogen (secondary N) is 1. The van der Waals surface area contributed by atoms with E-state index in [-0.39, 0.29) is 11.8 Å². The molecule has 1 N–H and O–H groups in total. The van der Waals surface area contributed by atoms with Gasteiger partial charge in [0.2, 0.25) is 11.8 Å². The van der Waals surface area contributed by atoms with Gasteiger partial charge in [-0.15, -0.1) is 0 Å². The summed E-state index contributed by atoms with van der Waals surface area (Å²) in [7, 11) is 0. The second-order valence-corrected chi connectivity index (χ2v) is 5.67. The minimum absolute atomic E-state index is 0.00877. The van der Waals surface area contributed by atoms with Crippen molar-refractivity contribution in [3.8, 4) is 0 Å². The molecule has 100 valence electrons. The zero-order valence-electron chi connectivity index (χ0n) is 10.7. The largest absolute Gasteiger partial charge is 0.310 e. The molecule has 3 rings (SSSR count). The molecule has 0 aliphatic carbocycles. The Morgan fingerprint density at radius 3 is 2.50 bits per heavy atom. The fraction of sp³-hybridized carbons (Fsp3) is 0.846. The van der Waals surface area contributed by atoms with Crippen LogP contribution in [-0.2, 0) is 9.59 Å². The minimum atomic E-state index is 0.00877. The summed E-state index contributed by atoms with van der Waals surface area (Å²) in [6.45, 7) is 3.56. The Kier molecular flexibility index (Phi) is 3.35. The number of likely N-dealkylation sites (tertiary alicyclic amines) is 2. The van der Waals surface area contributed by atoms with E-state index in [9.17, 15) is 9.59 Å². The number of fused-ring (bicyclic) bond motifs is 2. The Morgan fingerprint density at radius 2 is 1.72 bits per heavy atom. The Morgan fingerprint density at radius 1 is 1.00 bits per heavy atom. The van der Waals surface area contributed by atoms with Crippen molar-refractivity contribution >= 4 is 11.8 Å². The molecule has 5 heteroatoms. The van der Waals surface area contributed by atoms with Crippen LogP contribution < -0.4 is 5.32 Å². The summed E-state index contributed by atoms with van der Waals surface area (Å²) in [5, 5.41) is 3.64. The van der Waals surface area contributed by atoms with E-state index >= 15 is 0 Å². The van der Waals surface area contributed by atoms with Crippen LogP contribution >= 0.6 is 0 Å². The average molecular weight is 251 g/mol. The first-order valence-corrected chi connectivity index (χ1v) is 7.04.